The van der Waals surface area contributed by atoms with E-state index in [0.29, 0.717) is 24.2 Å². The van der Waals surface area contributed by atoms with Crippen molar-refractivity contribution in [1.29, 1.82) is 0 Å². The van der Waals surface area contributed by atoms with Crippen molar-refractivity contribution < 1.29 is 4.74 Å². The lowest BCUT2D eigenvalue weighted by atomic mass is 10.1. The van der Waals surface area contributed by atoms with E-state index in [0.717, 1.165) is 10.2 Å². The van der Waals surface area contributed by atoms with Gasteiger partial charge < -0.3 is 10.5 Å². The van der Waals surface area contributed by atoms with Crippen LogP contribution in [0, 0.1) is 5.92 Å². The Balaban J connectivity index is 2.13. The molecule has 0 saturated carbocycles. The van der Waals surface area contributed by atoms with E-state index in [1.165, 1.54) is 0 Å². The summed E-state index contributed by atoms with van der Waals surface area (Å²) in [5.74, 6) is 1.68. The van der Waals surface area contributed by atoms with Gasteiger partial charge in [0.1, 0.15) is 17.3 Å². The van der Waals surface area contributed by atoms with Crippen LogP contribution in [0.4, 0.5) is 5.82 Å². The van der Waals surface area contributed by atoms with Crippen molar-refractivity contribution in [3.05, 3.63) is 17.3 Å². The molecule has 0 aliphatic rings. The van der Waals surface area contributed by atoms with Crippen LogP contribution in [0.2, 0.25) is 0 Å². The number of nitrogen functional groups attached to an aromatic ring is 1. The zero-order valence-corrected chi connectivity index (χ0v) is 11.1. The second kappa shape index (κ2) is 4.98. The number of nitrogens with two attached hydrogens (primary N) is 1. The first-order valence-corrected chi connectivity index (χ1v) is 6.57. The van der Waals surface area contributed by atoms with Crippen molar-refractivity contribution in [2.75, 3.05) is 5.73 Å². The lowest BCUT2D eigenvalue weighted by Crippen LogP contribution is -2.16. The molecule has 2 heterocycles. The molecule has 1 unspecified atom stereocenters. The van der Waals surface area contributed by atoms with E-state index < -0.39 is 0 Å². The lowest BCUT2D eigenvalue weighted by Gasteiger charge is -2.15. The minimum absolute atomic E-state index is 0.193. The normalized spacial score (nSPS) is 13.4. The molecule has 5 heteroatoms. The fourth-order valence-electron chi connectivity index (χ4n) is 1.39. The van der Waals surface area contributed by atoms with Crippen molar-refractivity contribution in [1.82, 2.24) is 9.97 Å². The number of nitrogens with zero attached hydrogens (tertiary/aromatic N) is 2. The zero-order chi connectivity index (χ0) is 12.4. The van der Waals surface area contributed by atoms with Crippen LogP contribution in [-0.4, -0.2) is 16.1 Å². The van der Waals surface area contributed by atoms with Gasteiger partial charge in [-0.25, -0.2) is 9.97 Å². The minimum Gasteiger partial charge on any atom is -0.383 e. The third kappa shape index (κ3) is 2.73. The van der Waals surface area contributed by atoms with E-state index in [-0.39, 0.29) is 6.10 Å². The lowest BCUT2D eigenvalue weighted by molar-refractivity contribution is 0.0202. The summed E-state index contributed by atoms with van der Waals surface area (Å²) in [5.41, 5.74) is 5.87. The molecule has 0 aromatic carbocycles. The molecule has 0 spiro atoms. The number of anilines is 1. The summed E-state index contributed by atoms with van der Waals surface area (Å²) < 4.78 is 5.69. The SMILES string of the molecule is CC(C)C(C)OCc1nc(N)c2ccsc2n1. The molecule has 0 amide bonds. The number of ether oxygens (including phenoxy) is 1. The van der Waals surface area contributed by atoms with Crippen LogP contribution in [0.1, 0.15) is 26.6 Å². The van der Waals surface area contributed by atoms with Gasteiger partial charge in [-0.15, -0.1) is 11.3 Å². The summed E-state index contributed by atoms with van der Waals surface area (Å²) in [7, 11) is 0. The van der Waals surface area contributed by atoms with E-state index in [2.05, 4.69) is 30.7 Å². The second-order valence-corrected chi connectivity index (χ2v) is 5.32. The molecule has 2 N–H and O–H groups in total. The van der Waals surface area contributed by atoms with Crippen LogP contribution in [0.15, 0.2) is 11.4 Å². The summed E-state index contributed by atoms with van der Waals surface area (Å²) in [6.07, 6.45) is 0.193. The zero-order valence-electron chi connectivity index (χ0n) is 10.3. The highest BCUT2D eigenvalue weighted by molar-refractivity contribution is 7.16. The van der Waals surface area contributed by atoms with E-state index in [4.69, 9.17) is 10.5 Å². The van der Waals surface area contributed by atoms with E-state index in [1.807, 2.05) is 11.4 Å². The molecule has 2 aromatic rings. The molecular formula is C12H17N3OS. The van der Waals surface area contributed by atoms with Gasteiger partial charge in [0.25, 0.3) is 0 Å². The number of fused-ring (bicyclic) bond motifs is 1. The van der Waals surface area contributed by atoms with Gasteiger partial charge in [0.15, 0.2) is 5.82 Å². The van der Waals surface area contributed by atoms with Gasteiger partial charge in [-0.1, -0.05) is 13.8 Å². The first kappa shape index (κ1) is 12.3. The highest BCUT2D eigenvalue weighted by atomic mass is 32.1. The Morgan fingerprint density at radius 3 is 2.82 bits per heavy atom. The third-order valence-corrected chi connectivity index (χ3v) is 3.62. The summed E-state index contributed by atoms with van der Waals surface area (Å²) in [5, 5.41) is 2.90. The van der Waals surface area contributed by atoms with Crippen LogP contribution in [0.3, 0.4) is 0 Å². The van der Waals surface area contributed by atoms with Crippen molar-refractivity contribution >= 4 is 27.4 Å². The molecular weight excluding hydrogens is 234 g/mol. The number of rotatable bonds is 4. The summed E-state index contributed by atoms with van der Waals surface area (Å²) in [4.78, 5) is 9.61. The van der Waals surface area contributed by atoms with Gasteiger partial charge >= 0.3 is 0 Å². The molecule has 2 aromatic heterocycles. The molecule has 0 aliphatic carbocycles. The molecule has 0 bridgehead atoms. The van der Waals surface area contributed by atoms with Gasteiger partial charge in [-0.05, 0) is 24.3 Å². The predicted molar refractivity (Wildman–Crippen MR) is 70.9 cm³/mol. The molecule has 0 radical (unpaired) electrons. The number of aromatic nitrogens is 2. The van der Waals surface area contributed by atoms with Crippen LogP contribution < -0.4 is 5.73 Å². The highest BCUT2D eigenvalue weighted by Crippen LogP contribution is 2.23. The maximum absolute atomic E-state index is 5.87. The average Bonchev–Trinajstić information content (AvgIpc) is 2.74. The number of thiophene rings is 1. The molecule has 0 fully saturated rings. The Morgan fingerprint density at radius 2 is 2.12 bits per heavy atom. The third-order valence-electron chi connectivity index (χ3n) is 2.82. The van der Waals surface area contributed by atoms with Crippen molar-refractivity contribution in [3.8, 4) is 0 Å². The van der Waals surface area contributed by atoms with Gasteiger partial charge in [-0.3, -0.25) is 0 Å². The van der Waals surface area contributed by atoms with E-state index >= 15 is 0 Å². The summed E-state index contributed by atoms with van der Waals surface area (Å²) >= 11 is 1.57. The fraction of sp³-hybridized carbons (Fsp3) is 0.500. The number of hydrogen-bond donors (Lipinski definition) is 1. The summed E-state index contributed by atoms with van der Waals surface area (Å²) in [6, 6.07) is 1.94. The topological polar surface area (TPSA) is 61.0 Å². The molecule has 17 heavy (non-hydrogen) atoms. The van der Waals surface area contributed by atoms with E-state index in [1.54, 1.807) is 11.3 Å². The Bertz CT molecular complexity index is 509. The first-order valence-electron chi connectivity index (χ1n) is 5.69. The quantitative estimate of drug-likeness (QED) is 0.907. The molecule has 2 rings (SSSR count). The van der Waals surface area contributed by atoms with Crippen molar-refractivity contribution in [2.24, 2.45) is 5.92 Å². The highest BCUT2D eigenvalue weighted by Gasteiger charge is 2.10. The average molecular weight is 251 g/mol. The number of hydrogen-bond acceptors (Lipinski definition) is 5. The molecule has 92 valence electrons. The monoisotopic (exact) mass is 251 g/mol. The van der Waals surface area contributed by atoms with Crippen LogP contribution in [-0.2, 0) is 11.3 Å². The summed E-state index contributed by atoms with van der Waals surface area (Å²) in [6.45, 7) is 6.72. The molecule has 0 aliphatic heterocycles. The van der Waals surface area contributed by atoms with Gasteiger partial charge in [0.2, 0.25) is 0 Å². The van der Waals surface area contributed by atoms with Crippen LogP contribution in [0.25, 0.3) is 10.2 Å². The van der Waals surface area contributed by atoms with Gasteiger partial charge in [-0.2, -0.15) is 0 Å². The predicted octanol–water partition coefficient (Wildman–Crippen LogP) is 2.83. The van der Waals surface area contributed by atoms with Gasteiger partial charge in [0.05, 0.1) is 11.5 Å². The van der Waals surface area contributed by atoms with Crippen molar-refractivity contribution in [3.63, 3.8) is 0 Å². The Morgan fingerprint density at radius 1 is 1.35 bits per heavy atom. The minimum atomic E-state index is 0.193. The largest absolute Gasteiger partial charge is 0.383 e. The first-order chi connectivity index (χ1) is 8.08. The molecule has 1 atom stereocenters. The molecule has 4 nitrogen and oxygen atoms in total. The Labute approximate surface area is 105 Å². The Kier molecular flexibility index (Phi) is 3.59. The standard InChI is InChI=1S/C12H17N3OS/c1-7(2)8(3)16-6-10-14-11(13)9-4-5-17-12(9)15-10/h4-5,7-8H,6H2,1-3H3,(H2,13,14,15). The maximum atomic E-state index is 5.87. The smallest absolute Gasteiger partial charge is 0.158 e. The van der Waals surface area contributed by atoms with Crippen LogP contribution >= 0.6 is 11.3 Å². The van der Waals surface area contributed by atoms with Gasteiger partial charge in [0, 0.05) is 0 Å². The van der Waals surface area contributed by atoms with Crippen LogP contribution in [0.5, 0.6) is 0 Å². The molecule has 0 saturated heterocycles. The maximum Gasteiger partial charge on any atom is 0.158 e. The van der Waals surface area contributed by atoms with E-state index in [9.17, 15) is 0 Å². The van der Waals surface area contributed by atoms with Crippen molar-refractivity contribution in [2.45, 2.75) is 33.5 Å². The second-order valence-electron chi connectivity index (χ2n) is 4.42. The fourth-order valence-corrected chi connectivity index (χ4v) is 2.18. The Hall–Kier alpha value is -1.20.